The summed E-state index contributed by atoms with van der Waals surface area (Å²) in [6, 6.07) is 25.4. The number of nitrogens with one attached hydrogen (secondary N) is 1. The molecule has 312 valence electrons. The number of hydrogen-bond donors (Lipinski definition) is 3. The van der Waals surface area contributed by atoms with E-state index in [4.69, 9.17) is 26.0 Å². The Hall–Kier alpha value is -0.936. The fourth-order valence-corrected chi connectivity index (χ4v) is 6.52. The summed E-state index contributed by atoms with van der Waals surface area (Å²) < 4.78 is 26.3. The van der Waals surface area contributed by atoms with Crippen molar-refractivity contribution in [2.24, 2.45) is 0 Å². The molecule has 0 bridgehead atoms. The third kappa shape index (κ3) is 20.0. The van der Waals surface area contributed by atoms with Crippen molar-refractivity contribution in [3.05, 3.63) is 116 Å². The summed E-state index contributed by atoms with van der Waals surface area (Å²) in [5, 5.41) is 52.2. The average Bonchev–Trinajstić information content (AvgIpc) is 3.97. The topological polar surface area (TPSA) is 210 Å². The van der Waals surface area contributed by atoms with Gasteiger partial charge < -0.3 is 36.6 Å². The van der Waals surface area contributed by atoms with Gasteiger partial charge in [-0.15, -0.1) is 0 Å². The molecule has 59 heavy (non-hydrogen) atoms. The van der Waals surface area contributed by atoms with Crippen molar-refractivity contribution < 1.29 is 189 Å². The first-order valence-corrected chi connectivity index (χ1v) is 18.8. The Kier molecular flexibility index (Phi) is 31.9. The van der Waals surface area contributed by atoms with E-state index < -0.39 is 17.0 Å². The molecule has 0 saturated carbocycles. The maximum Gasteiger partial charge on any atom is 1.00 e. The van der Waals surface area contributed by atoms with Gasteiger partial charge in [0.05, 0.1) is 45.8 Å². The molecule has 0 radical (unpaired) electrons. The quantitative estimate of drug-likeness (QED) is 0.0573. The largest absolute Gasteiger partial charge is 1.00 e. The van der Waals surface area contributed by atoms with Gasteiger partial charge in [0.1, 0.15) is 11.5 Å². The zero-order valence-electron chi connectivity index (χ0n) is 35.8. The Bertz CT molecular complexity index is 1870. The second-order valence-electron chi connectivity index (χ2n) is 12.4. The van der Waals surface area contributed by atoms with Gasteiger partial charge in [-0.1, -0.05) is 52.3 Å². The Morgan fingerprint density at radius 2 is 1.39 bits per heavy atom. The molecule has 2 aliphatic rings. The van der Waals surface area contributed by atoms with Gasteiger partial charge in [-0.25, -0.2) is 0 Å². The number of halogens is 2. The molecule has 2 heterocycles. The van der Waals surface area contributed by atoms with E-state index in [0.717, 1.165) is 77.6 Å². The van der Waals surface area contributed by atoms with Crippen molar-refractivity contribution >= 4 is 33.8 Å². The molecular weight excluding hydrogens is 1080 g/mol. The van der Waals surface area contributed by atoms with Crippen molar-refractivity contribution in [3.8, 4) is 33.8 Å². The van der Waals surface area contributed by atoms with Crippen molar-refractivity contribution in [3.63, 3.8) is 0 Å². The molecule has 2 aliphatic heterocycles. The number of benzene rings is 4. The Balaban J connectivity index is 0. The predicted molar refractivity (Wildman–Crippen MR) is 217 cm³/mol. The normalized spacial score (nSPS) is 15.1. The first-order chi connectivity index (χ1) is 28.0. The summed E-state index contributed by atoms with van der Waals surface area (Å²) in [7, 11) is 2.18. The number of non-ortho nitro benzene ring substituents is 2. The summed E-state index contributed by atoms with van der Waals surface area (Å²) in [6.45, 7) is 3.11. The molecule has 4 aromatic carbocycles. The molecule has 19 heteroatoms. The standard InChI is InChI=1S/C19H22N2O4.C14H12BrNO3.C5H11NO.CH3F.CH2O3.2Cs.H/c1-25-19-8-7-14(12-20-9-3-6-17(20)13-22)10-18(19)15-4-2-5-16(11-15)21(23)24;1-19-14-6-5-10(9-15)7-13(14)11-3-2-4-12(8-11)16(17)18;7-4-5-2-1-3-6-5;1-2;2-1-4-3;;;/h2,4-5,7-8,10-11,17,22H,3,6,9,12-13H2,1H3;2-8H,9H2,1H3;5-7H,1-4H2;1H3;1,3H;;;/q;;;;;2*+1;-1/p-1/t17-;;5-;;;;;/m1.1...../s1/i;;;1D;;;;. The number of aliphatic hydroxyl groups is 2. The molecular formula is C40H50BrCs2FN4O11. The zero-order valence-corrected chi connectivity index (χ0v) is 47.9. The van der Waals surface area contributed by atoms with Crippen LogP contribution in [0.3, 0.4) is 0 Å². The minimum Gasteiger partial charge on any atom is -1.00 e. The minimum atomic E-state index is -1.00. The summed E-state index contributed by atoms with van der Waals surface area (Å²) in [5.74, 6) is 1.38. The Morgan fingerprint density at radius 1 is 0.881 bits per heavy atom. The number of carbonyl (C=O) groups is 1. The van der Waals surface area contributed by atoms with Gasteiger partial charge in [-0.3, -0.25) is 34.3 Å². The number of rotatable bonds is 12. The molecule has 0 unspecified atom stereocenters. The molecule has 0 aromatic heterocycles. The van der Waals surface area contributed by atoms with Crippen LogP contribution in [0.15, 0.2) is 84.9 Å². The molecule has 2 saturated heterocycles. The summed E-state index contributed by atoms with van der Waals surface area (Å²) in [4.78, 5) is 34.6. The van der Waals surface area contributed by atoms with Crippen LogP contribution in [-0.4, -0.2) is 91.2 Å². The number of methoxy groups -OCH3 is 2. The van der Waals surface area contributed by atoms with E-state index in [1.807, 2.05) is 48.5 Å². The van der Waals surface area contributed by atoms with Crippen LogP contribution in [-0.2, 0) is 21.6 Å². The van der Waals surface area contributed by atoms with Gasteiger partial charge in [-0.2, -0.15) is 0 Å². The van der Waals surface area contributed by atoms with E-state index >= 15 is 0 Å². The molecule has 4 aromatic rings. The summed E-state index contributed by atoms with van der Waals surface area (Å²) in [6.07, 6.45) is 4.49. The van der Waals surface area contributed by atoms with Crippen LogP contribution < -0.4 is 158 Å². The molecule has 0 aliphatic carbocycles. The number of hydrogen-bond acceptors (Lipinski definition) is 13. The van der Waals surface area contributed by atoms with E-state index in [9.17, 15) is 29.7 Å². The van der Waals surface area contributed by atoms with Crippen molar-refractivity contribution in [2.75, 3.05) is 47.7 Å². The number of ether oxygens (including phenoxy) is 2. The molecule has 0 amide bonds. The van der Waals surface area contributed by atoms with E-state index in [2.05, 4.69) is 31.0 Å². The van der Waals surface area contributed by atoms with E-state index in [1.165, 1.54) is 18.6 Å². The molecule has 6 rings (SSSR count). The van der Waals surface area contributed by atoms with Crippen LogP contribution in [0.2, 0.25) is 0 Å². The van der Waals surface area contributed by atoms with Crippen molar-refractivity contribution in [1.29, 1.82) is 0 Å². The van der Waals surface area contributed by atoms with Gasteiger partial charge in [0.15, 0.2) is 0 Å². The Labute approximate surface area is 472 Å². The van der Waals surface area contributed by atoms with E-state index in [1.54, 1.807) is 38.5 Å². The molecule has 2 atom stereocenters. The molecule has 15 nitrogen and oxygen atoms in total. The second-order valence-corrected chi connectivity index (χ2v) is 13.0. The monoisotopic (exact) mass is 1130 g/mol. The van der Waals surface area contributed by atoms with Gasteiger partial charge in [0.2, 0.25) is 0 Å². The van der Waals surface area contributed by atoms with Crippen LogP contribution in [0.25, 0.3) is 22.3 Å². The van der Waals surface area contributed by atoms with E-state index in [-0.39, 0.29) is 170 Å². The van der Waals surface area contributed by atoms with Crippen LogP contribution in [0.5, 0.6) is 11.5 Å². The van der Waals surface area contributed by atoms with Gasteiger partial charge >= 0.3 is 138 Å². The Morgan fingerprint density at radius 3 is 1.78 bits per heavy atom. The first-order valence-electron chi connectivity index (χ1n) is 18.4. The minimum absolute atomic E-state index is 0. The zero-order chi connectivity index (χ0) is 42.9. The van der Waals surface area contributed by atoms with Gasteiger partial charge in [0, 0.05) is 59.4 Å². The fraction of sp³-hybridized carbons (Fsp3) is 0.375. The maximum atomic E-state index is 11.0. The van der Waals surface area contributed by atoms with E-state index in [0.29, 0.717) is 24.1 Å². The molecule has 3 N–H and O–H groups in total. The smallest absolute Gasteiger partial charge is 1.00 e. The number of aliphatic hydroxyl groups excluding tert-OH is 2. The molecule has 2 fully saturated rings. The predicted octanol–water partition coefficient (Wildman–Crippen LogP) is 0.264. The number of nitro groups is 2. The van der Waals surface area contributed by atoms with Crippen LogP contribution in [0.4, 0.5) is 15.8 Å². The van der Waals surface area contributed by atoms with Crippen LogP contribution in [0, 0.1) is 20.2 Å². The van der Waals surface area contributed by atoms with Gasteiger partial charge in [0.25, 0.3) is 17.8 Å². The van der Waals surface area contributed by atoms with Crippen LogP contribution >= 0.6 is 15.9 Å². The molecule has 0 spiro atoms. The summed E-state index contributed by atoms with van der Waals surface area (Å²) in [5.41, 5.74) is 5.53. The third-order valence-electron chi connectivity index (χ3n) is 8.94. The van der Waals surface area contributed by atoms with Gasteiger partial charge in [-0.05, 0) is 85.3 Å². The number of nitrogens with zero attached hydrogens (tertiary/aromatic N) is 3. The number of alkyl halides is 2. The van der Waals surface area contributed by atoms with Crippen molar-refractivity contribution in [2.45, 2.75) is 49.6 Å². The number of nitro benzene ring substituents is 2. The number of carbonyl (C=O) groups excluding carboxylic acids is 1. The maximum absolute atomic E-state index is 11.0. The third-order valence-corrected chi connectivity index (χ3v) is 9.58. The SMILES string of the molecule is COc1ccc(CBr)cc1-c1cccc([N+](=O)[O-])c1.COc1ccc(CN2CCC[C@@H]2CO)cc1-c1cccc([N+](=O)[O-])c1.O=CO[O-].OC[C@H]1CCCN1.[2H]CF.[Cs+].[Cs+].[H-]. The number of likely N-dealkylation sites (tertiary alicyclic amines) is 1. The fourth-order valence-electron chi connectivity index (χ4n) is 6.17. The van der Waals surface area contributed by atoms with Crippen LogP contribution in [0.1, 0.15) is 39.6 Å². The summed E-state index contributed by atoms with van der Waals surface area (Å²) >= 11 is 3.40. The average molecular weight is 1130 g/mol. The second kappa shape index (κ2) is 33.6. The van der Waals surface area contributed by atoms with Crippen molar-refractivity contribution in [1.82, 2.24) is 10.2 Å². The first kappa shape index (κ1) is 56.1.